The third-order valence-corrected chi connectivity index (χ3v) is 1.61. The quantitative estimate of drug-likeness (QED) is 0.522. The van der Waals surface area contributed by atoms with E-state index in [1.807, 2.05) is 5.01 Å². The van der Waals surface area contributed by atoms with Gasteiger partial charge in [-0.1, -0.05) is 20.8 Å². The van der Waals surface area contributed by atoms with Crippen LogP contribution in [-0.4, -0.2) is 17.4 Å². The van der Waals surface area contributed by atoms with E-state index in [2.05, 4.69) is 44.4 Å². The van der Waals surface area contributed by atoms with Crippen molar-refractivity contribution < 1.29 is 0 Å². The van der Waals surface area contributed by atoms with E-state index in [0.29, 0.717) is 0 Å². The van der Waals surface area contributed by atoms with Crippen LogP contribution in [0, 0.1) is 5.41 Å². The third kappa shape index (κ3) is 1.54. The molecule has 1 aliphatic rings. The van der Waals surface area contributed by atoms with E-state index >= 15 is 0 Å². The van der Waals surface area contributed by atoms with Gasteiger partial charge in [0.05, 0.1) is 11.6 Å². The molecule has 0 aromatic rings. The fourth-order valence-corrected chi connectivity index (χ4v) is 1.06. The van der Waals surface area contributed by atoms with Gasteiger partial charge in [-0.25, -0.2) is 0 Å². The summed E-state index contributed by atoms with van der Waals surface area (Å²) in [5.74, 6) is 2.74. The van der Waals surface area contributed by atoms with Crippen LogP contribution < -0.4 is 0 Å². The minimum absolute atomic E-state index is 0.128. The van der Waals surface area contributed by atoms with E-state index in [1.54, 1.807) is 0 Å². The van der Waals surface area contributed by atoms with Crippen molar-refractivity contribution in [1.29, 1.82) is 0 Å². The average molecular weight is 150 g/mol. The van der Waals surface area contributed by atoms with Gasteiger partial charge in [-0.05, 0) is 12.7 Å². The zero-order valence-corrected chi connectivity index (χ0v) is 7.60. The number of hydrazone groups is 1. The Morgan fingerprint density at radius 2 is 2.09 bits per heavy atom. The maximum absolute atomic E-state index is 4.04. The summed E-state index contributed by atoms with van der Waals surface area (Å²) >= 11 is 0. The lowest BCUT2D eigenvalue weighted by Gasteiger charge is -2.25. The highest BCUT2D eigenvalue weighted by molar-refractivity contribution is 5.54. The molecule has 0 saturated heterocycles. The maximum atomic E-state index is 4.04. The van der Waals surface area contributed by atoms with E-state index in [0.717, 1.165) is 12.2 Å². The Morgan fingerprint density at radius 3 is 2.45 bits per heavy atom. The summed E-state index contributed by atoms with van der Waals surface area (Å²) in [5, 5.41) is 5.97. The second-order valence-corrected chi connectivity index (χ2v) is 3.65. The molecule has 0 bridgehead atoms. The predicted octanol–water partition coefficient (Wildman–Crippen LogP) is 1.99. The molecule has 0 amide bonds. The van der Waals surface area contributed by atoms with Gasteiger partial charge in [0.15, 0.2) is 0 Å². The number of hydrogen-bond acceptors (Lipinski definition) is 2. The van der Waals surface area contributed by atoms with Crippen molar-refractivity contribution in [3.05, 3.63) is 11.4 Å². The third-order valence-electron chi connectivity index (χ3n) is 1.61. The first kappa shape index (κ1) is 8.13. The van der Waals surface area contributed by atoms with E-state index < -0.39 is 0 Å². The highest BCUT2D eigenvalue weighted by Gasteiger charge is 2.23. The lowest BCUT2D eigenvalue weighted by atomic mass is 9.92. The fourth-order valence-electron chi connectivity index (χ4n) is 1.06. The molecule has 0 aromatic heterocycles. The van der Waals surface area contributed by atoms with Gasteiger partial charge in [-0.3, -0.25) is 5.01 Å². The topological polar surface area (TPSA) is 15.6 Å². The van der Waals surface area contributed by atoms with Crippen LogP contribution in [0.1, 0.15) is 27.7 Å². The summed E-state index contributed by atoms with van der Waals surface area (Å²) in [7, 11) is 0. The monoisotopic (exact) mass is 150 g/mol. The van der Waals surface area contributed by atoms with Gasteiger partial charge in [-0.15, -0.1) is 5.10 Å². The van der Waals surface area contributed by atoms with Crippen LogP contribution in [0.5, 0.6) is 0 Å². The lowest BCUT2D eigenvalue weighted by Crippen LogP contribution is -2.23. The first-order valence-electron chi connectivity index (χ1n) is 3.92. The zero-order chi connectivity index (χ0) is 8.48. The molecule has 11 heavy (non-hydrogen) atoms. The standard InChI is InChI=1S/C9H14N2/c1-5-11-8(6-7-10-11)9(2,3)4/h5H2,1-4H3. The Kier molecular flexibility index (Phi) is 1.90. The molecule has 0 aliphatic carbocycles. The van der Waals surface area contributed by atoms with Crippen molar-refractivity contribution in [2.24, 2.45) is 10.5 Å². The van der Waals surface area contributed by atoms with Crippen LogP contribution in [0.3, 0.4) is 0 Å². The molecule has 2 nitrogen and oxygen atoms in total. The highest BCUT2D eigenvalue weighted by Crippen LogP contribution is 2.28. The molecule has 0 N–H and O–H groups in total. The molecule has 1 heterocycles. The fraction of sp³-hybridized carbons (Fsp3) is 0.667. The molecular weight excluding hydrogens is 136 g/mol. The number of hydrogen-bond donors (Lipinski definition) is 0. The first-order valence-corrected chi connectivity index (χ1v) is 3.92. The molecule has 1 aliphatic heterocycles. The molecule has 0 radical (unpaired) electrons. The van der Waals surface area contributed by atoms with Gasteiger partial charge in [-0.2, -0.15) is 0 Å². The van der Waals surface area contributed by atoms with Gasteiger partial charge < -0.3 is 0 Å². The van der Waals surface area contributed by atoms with Crippen LogP contribution in [0.4, 0.5) is 0 Å². The van der Waals surface area contributed by atoms with Crippen molar-refractivity contribution >= 4 is 5.87 Å². The van der Waals surface area contributed by atoms with Crippen molar-refractivity contribution in [2.45, 2.75) is 27.7 Å². The average Bonchev–Trinajstić information content (AvgIpc) is 2.31. The molecular formula is C9H14N2. The van der Waals surface area contributed by atoms with Gasteiger partial charge in [0.25, 0.3) is 0 Å². The van der Waals surface area contributed by atoms with Crippen LogP contribution in [0.15, 0.2) is 16.5 Å². The van der Waals surface area contributed by atoms with Crippen molar-refractivity contribution in [2.75, 3.05) is 6.54 Å². The van der Waals surface area contributed by atoms with Crippen LogP contribution in [0.25, 0.3) is 0 Å². The lowest BCUT2D eigenvalue weighted by molar-refractivity contribution is 0.296. The summed E-state index contributed by atoms with van der Waals surface area (Å²) in [4.78, 5) is 0. The molecule has 0 aromatic carbocycles. The second-order valence-electron chi connectivity index (χ2n) is 3.65. The minimum atomic E-state index is 0.128. The number of nitrogens with zero attached hydrogens (tertiary/aromatic N) is 2. The van der Waals surface area contributed by atoms with E-state index in [1.165, 1.54) is 0 Å². The van der Waals surface area contributed by atoms with Crippen LogP contribution >= 0.6 is 0 Å². The van der Waals surface area contributed by atoms with Gasteiger partial charge in [0.2, 0.25) is 0 Å². The van der Waals surface area contributed by atoms with Crippen molar-refractivity contribution in [3.8, 4) is 0 Å². The molecule has 0 unspecified atom stereocenters. The van der Waals surface area contributed by atoms with Crippen LogP contribution in [0.2, 0.25) is 0 Å². The second kappa shape index (κ2) is 2.58. The molecule has 60 valence electrons. The van der Waals surface area contributed by atoms with Crippen molar-refractivity contribution in [3.63, 3.8) is 0 Å². The Labute approximate surface area is 67.9 Å². The molecule has 1 rings (SSSR count). The Hall–Kier alpha value is -0.970. The van der Waals surface area contributed by atoms with E-state index in [9.17, 15) is 0 Å². The summed E-state index contributed by atoms with van der Waals surface area (Å²) in [5.41, 5.74) is 4.28. The Bertz CT molecular complexity index is 245. The summed E-state index contributed by atoms with van der Waals surface area (Å²) in [6, 6.07) is 0. The summed E-state index contributed by atoms with van der Waals surface area (Å²) in [6.45, 7) is 9.43. The number of rotatable bonds is 1. The van der Waals surface area contributed by atoms with Crippen molar-refractivity contribution in [1.82, 2.24) is 5.01 Å². The molecule has 0 saturated carbocycles. The normalized spacial score (nSPS) is 16.0. The molecule has 0 spiro atoms. The first-order chi connectivity index (χ1) is 5.05. The molecule has 0 fully saturated rings. The van der Waals surface area contributed by atoms with Gasteiger partial charge in [0, 0.05) is 12.0 Å². The summed E-state index contributed by atoms with van der Waals surface area (Å²) in [6.07, 6.45) is 0. The molecule has 0 atom stereocenters. The maximum Gasteiger partial charge on any atom is 0.0943 e. The van der Waals surface area contributed by atoms with Gasteiger partial charge in [0.1, 0.15) is 0 Å². The minimum Gasteiger partial charge on any atom is -0.252 e. The zero-order valence-electron chi connectivity index (χ0n) is 7.60. The van der Waals surface area contributed by atoms with Crippen LogP contribution in [-0.2, 0) is 0 Å². The van der Waals surface area contributed by atoms with E-state index in [-0.39, 0.29) is 5.41 Å². The van der Waals surface area contributed by atoms with Gasteiger partial charge >= 0.3 is 0 Å². The molecule has 2 heteroatoms. The Morgan fingerprint density at radius 1 is 1.45 bits per heavy atom. The highest BCUT2D eigenvalue weighted by atomic mass is 15.5. The number of allylic oxidation sites excluding steroid dienone is 1. The smallest absolute Gasteiger partial charge is 0.0943 e. The Balaban J connectivity index is 2.91. The summed E-state index contributed by atoms with van der Waals surface area (Å²) < 4.78 is 0. The SMILES string of the molecule is CCN1N=C=C=C1C(C)(C)C. The largest absolute Gasteiger partial charge is 0.252 e. The van der Waals surface area contributed by atoms with E-state index in [4.69, 9.17) is 0 Å². The predicted molar refractivity (Wildman–Crippen MR) is 46.3 cm³/mol.